The third kappa shape index (κ3) is 6.95. The van der Waals surface area contributed by atoms with E-state index in [0.29, 0.717) is 36.7 Å². The Bertz CT molecular complexity index is 1180. The zero-order valence-corrected chi connectivity index (χ0v) is 22.0. The number of anilines is 1. The average Bonchev–Trinajstić information content (AvgIpc) is 3.27. The third-order valence-corrected chi connectivity index (χ3v) is 5.74. The van der Waals surface area contributed by atoms with Crippen molar-refractivity contribution in [3.05, 3.63) is 71.4 Å². The maximum Gasteiger partial charge on any atom is 0.254 e. The first kappa shape index (κ1) is 26.9. The molecule has 2 amide bonds. The molecule has 0 fully saturated rings. The highest BCUT2D eigenvalue weighted by Crippen LogP contribution is 2.26. The second-order valence-corrected chi connectivity index (χ2v) is 9.77. The van der Waals surface area contributed by atoms with Gasteiger partial charge >= 0.3 is 0 Å². The van der Waals surface area contributed by atoms with Crippen LogP contribution in [0.1, 0.15) is 48.8 Å². The molecule has 192 valence electrons. The summed E-state index contributed by atoms with van der Waals surface area (Å²) in [6.45, 7) is 9.00. The summed E-state index contributed by atoms with van der Waals surface area (Å²) >= 11 is 0. The molecule has 0 saturated carbocycles. The van der Waals surface area contributed by atoms with Crippen LogP contribution in [0.25, 0.3) is 5.69 Å². The number of benzene rings is 2. The molecule has 0 radical (unpaired) electrons. The quantitative estimate of drug-likeness (QED) is 0.418. The van der Waals surface area contributed by atoms with Gasteiger partial charge in [0.15, 0.2) is 0 Å². The summed E-state index contributed by atoms with van der Waals surface area (Å²) < 4.78 is 12.1. The van der Waals surface area contributed by atoms with Crippen LogP contribution in [0.15, 0.2) is 54.6 Å². The number of hydrogen-bond donors (Lipinski definition) is 1. The van der Waals surface area contributed by atoms with Gasteiger partial charge in [0.05, 0.1) is 18.5 Å². The van der Waals surface area contributed by atoms with Crippen LogP contribution >= 0.6 is 0 Å². The fraction of sp³-hybridized carbons (Fsp3) is 0.393. The standard InChI is InChI=1S/C28H36N4O4/c1-20-11-13-22(14-12-20)32-25(18-24(30-32)28(2,3)4)29-26(33)19-31(15-8-16-35-5)27(34)21-9-7-10-23(17-21)36-6/h7,9-14,17-18H,8,15-16,19H2,1-6H3,(H,29,33). The van der Waals surface area contributed by atoms with Gasteiger partial charge in [0.2, 0.25) is 5.91 Å². The largest absolute Gasteiger partial charge is 0.497 e. The van der Waals surface area contributed by atoms with Gasteiger partial charge in [-0.25, -0.2) is 4.68 Å². The van der Waals surface area contributed by atoms with Crippen molar-refractivity contribution in [2.75, 3.05) is 39.2 Å². The lowest BCUT2D eigenvalue weighted by molar-refractivity contribution is -0.117. The minimum Gasteiger partial charge on any atom is -0.497 e. The van der Waals surface area contributed by atoms with Gasteiger partial charge in [-0.3, -0.25) is 9.59 Å². The summed E-state index contributed by atoms with van der Waals surface area (Å²) in [7, 11) is 3.16. The van der Waals surface area contributed by atoms with Crippen molar-refractivity contribution in [1.29, 1.82) is 0 Å². The van der Waals surface area contributed by atoms with Crippen LogP contribution in [0.2, 0.25) is 0 Å². The second kappa shape index (κ2) is 11.9. The molecule has 0 aliphatic rings. The van der Waals surface area contributed by atoms with Crippen LogP contribution in [0.4, 0.5) is 5.82 Å². The number of ether oxygens (including phenoxy) is 2. The van der Waals surface area contributed by atoms with E-state index in [-0.39, 0.29) is 23.8 Å². The molecule has 0 bridgehead atoms. The fourth-order valence-corrected chi connectivity index (χ4v) is 3.67. The molecule has 1 N–H and O–H groups in total. The van der Waals surface area contributed by atoms with Gasteiger partial charge in [-0.2, -0.15) is 5.10 Å². The third-order valence-electron chi connectivity index (χ3n) is 5.74. The average molecular weight is 493 g/mol. The van der Waals surface area contributed by atoms with E-state index in [1.54, 1.807) is 43.2 Å². The number of carbonyl (C=O) groups excluding carboxylic acids is 2. The van der Waals surface area contributed by atoms with Gasteiger partial charge in [-0.05, 0) is 43.7 Å². The predicted octanol–water partition coefficient (Wildman–Crippen LogP) is 4.60. The molecule has 3 aromatic rings. The maximum atomic E-state index is 13.3. The number of aromatic nitrogens is 2. The molecule has 8 nitrogen and oxygen atoms in total. The number of nitrogens with zero attached hydrogens (tertiary/aromatic N) is 3. The highest BCUT2D eigenvalue weighted by Gasteiger charge is 2.23. The number of amides is 2. The van der Waals surface area contributed by atoms with E-state index in [9.17, 15) is 9.59 Å². The Morgan fingerprint density at radius 2 is 1.78 bits per heavy atom. The molecule has 0 unspecified atom stereocenters. The molecule has 3 rings (SSSR count). The topological polar surface area (TPSA) is 85.7 Å². The van der Waals surface area contributed by atoms with E-state index in [1.807, 2.05) is 37.3 Å². The van der Waals surface area contributed by atoms with Crippen molar-refractivity contribution < 1.29 is 19.1 Å². The molecule has 1 heterocycles. The van der Waals surface area contributed by atoms with Crippen molar-refractivity contribution in [1.82, 2.24) is 14.7 Å². The molecule has 36 heavy (non-hydrogen) atoms. The molecular formula is C28H36N4O4. The summed E-state index contributed by atoms with van der Waals surface area (Å²) in [6.07, 6.45) is 0.606. The number of nitrogens with one attached hydrogen (secondary N) is 1. The maximum absolute atomic E-state index is 13.3. The van der Waals surface area contributed by atoms with E-state index in [1.165, 1.54) is 4.90 Å². The summed E-state index contributed by atoms with van der Waals surface area (Å²) in [4.78, 5) is 28.0. The highest BCUT2D eigenvalue weighted by molar-refractivity contribution is 5.99. The van der Waals surface area contributed by atoms with Gasteiger partial charge in [0, 0.05) is 37.3 Å². The molecule has 8 heteroatoms. The Balaban J connectivity index is 1.85. The fourth-order valence-electron chi connectivity index (χ4n) is 3.67. The van der Waals surface area contributed by atoms with Crippen molar-refractivity contribution >= 4 is 17.6 Å². The Hall–Kier alpha value is -3.65. The minimum atomic E-state index is -0.308. The SMILES string of the molecule is COCCCN(CC(=O)Nc1cc(C(C)(C)C)nn1-c1ccc(C)cc1)C(=O)c1cccc(OC)c1. The van der Waals surface area contributed by atoms with Crippen molar-refractivity contribution in [2.45, 2.75) is 39.5 Å². The minimum absolute atomic E-state index is 0.107. The summed E-state index contributed by atoms with van der Waals surface area (Å²) in [5.74, 6) is 0.582. The first-order chi connectivity index (χ1) is 17.1. The van der Waals surface area contributed by atoms with Crippen molar-refractivity contribution in [3.8, 4) is 11.4 Å². The van der Waals surface area contributed by atoms with E-state index in [0.717, 1.165) is 16.9 Å². The molecule has 0 aliphatic heterocycles. The monoisotopic (exact) mass is 492 g/mol. The smallest absolute Gasteiger partial charge is 0.254 e. The Morgan fingerprint density at radius 3 is 2.42 bits per heavy atom. The zero-order valence-electron chi connectivity index (χ0n) is 22.0. The second-order valence-electron chi connectivity index (χ2n) is 9.77. The van der Waals surface area contributed by atoms with Crippen LogP contribution in [-0.2, 0) is 14.9 Å². The number of carbonyl (C=O) groups is 2. The van der Waals surface area contributed by atoms with E-state index in [2.05, 4.69) is 26.1 Å². The Kier molecular flexibility index (Phi) is 8.88. The van der Waals surface area contributed by atoms with Gasteiger partial charge in [-0.15, -0.1) is 0 Å². The lowest BCUT2D eigenvalue weighted by atomic mass is 9.92. The van der Waals surface area contributed by atoms with Crippen LogP contribution in [-0.4, -0.2) is 60.4 Å². The summed E-state index contributed by atoms with van der Waals surface area (Å²) in [6, 6.07) is 16.7. The van der Waals surface area contributed by atoms with Gasteiger partial charge in [-0.1, -0.05) is 44.5 Å². The van der Waals surface area contributed by atoms with Gasteiger partial charge in [0.25, 0.3) is 5.91 Å². The summed E-state index contributed by atoms with van der Waals surface area (Å²) in [5, 5.41) is 7.74. The molecular weight excluding hydrogens is 456 g/mol. The number of aryl methyl sites for hydroxylation is 1. The Labute approximate surface area is 213 Å². The highest BCUT2D eigenvalue weighted by atomic mass is 16.5. The first-order valence-corrected chi connectivity index (χ1v) is 12.0. The molecule has 0 spiro atoms. The molecule has 0 aliphatic carbocycles. The van der Waals surface area contributed by atoms with E-state index in [4.69, 9.17) is 14.6 Å². The van der Waals surface area contributed by atoms with E-state index < -0.39 is 0 Å². The van der Waals surface area contributed by atoms with Crippen molar-refractivity contribution in [3.63, 3.8) is 0 Å². The number of rotatable bonds is 10. The van der Waals surface area contributed by atoms with Crippen LogP contribution in [0.3, 0.4) is 0 Å². The van der Waals surface area contributed by atoms with E-state index >= 15 is 0 Å². The number of methoxy groups -OCH3 is 2. The first-order valence-electron chi connectivity index (χ1n) is 12.0. The van der Waals surface area contributed by atoms with Gasteiger partial charge in [0.1, 0.15) is 18.1 Å². The molecule has 0 atom stereocenters. The molecule has 2 aromatic carbocycles. The zero-order chi connectivity index (χ0) is 26.3. The number of hydrogen-bond acceptors (Lipinski definition) is 5. The lowest BCUT2D eigenvalue weighted by Crippen LogP contribution is -2.39. The Morgan fingerprint density at radius 1 is 1.06 bits per heavy atom. The molecule has 1 aromatic heterocycles. The lowest BCUT2D eigenvalue weighted by Gasteiger charge is -2.22. The summed E-state index contributed by atoms with van der Waals surface area (Å²) in [5.41, 5.74) is 3.08. The van der Waals surface area contributed by atoms with Crippen LogP contribution in [0.5, 0.6) is 5.75 Å². The van der Waals surface area contributed by atoms with Crippen molar-refractivity contribution in [2.24, 2.45) is 0 Å². The van der Waals surface area contributed by atoms with Gasteiger partial charge < -0.3 is 19.7 Å². The normalized spacial score (nSPS) is 11.3. The van der Waals surface area contributed by atoms with Crippen LogP contribution < -0.4 is 10.1 Å². The predicted molar refractivity (Wildman–Crippen MR) is 141 cm³/mol. The van der Waals surface area contributed by atoms with Crippen LogP contribution in [0, 0.1) is 6.92 Å². The molecule has 0 saturated heterocycles.